The van der Waals surface area contributed by atoms with E-state index in [1.165, 1.54) is 0 Å². The molecule has 0 aliphatic rings. The van der Waals surface area contributed by atoms with Crippen LogP contribution < -0.4 is 5.32 Å². The minimum Gasteiger partial charge on any atom is -0.391 e. The highest BCUT2D eigenvalue weighted by Crippen LogP contribution is 2.16. The number of nitrogens with zero attached hydrogens (tertiary/aromatic N) is 2. The van der Waals surface area contributed by atoms with E-state index >= 15 is 0 Å². The van der Waals surface area contributed by atoms with Gasteiger partial charge in [0.05, 0.1) is 11.6 Å². The van der Waals surface area contributed by atoms with Gasteiger partial charge in [-0.25, -0.2) is 9.97 Å². The molecule has 0 spiro atoms. The fraction of sp³-hybridized carbons (Fsp3) is 0.556. The van der Waals surface area contributed by atoms with Crippen molar-refractivity contribution in [2.24, 2.45) is 0 Å². The Morgan fingerprint density at radius 2 is 2.21 bits per heavy atom. The number of hydrogen-bond acceptors (Lipinski definition) is 4. The Hall–Kier alpha value is -0.870. The molecular weight excluding hydrogens is 202 g/mol. The van der Waals surface area contributed by atoms with Gasteiger partial charge < -0.3 is 10.4 Å². The Balaban J connectivity index is 2.78. The molecule has 1 rings (SSSR count). The Bertz CT molecular complexity index is 315. The first kappa shape index (κ1) is 11.2. The molecule has 0 fully saturated rings. The van der Waals surface area contributed by atoms with Crippen molar-refractivity contribution >= 4 is 17.4 Å². The standard InChI is InChI=1S/C9H14ClN3O/c1-6(14)9(2,3)13-7-4-5-11-8(10)12-7/h4-6,14H,1-3H3,(H,11,12,13). The van der Waals surface area contributed by atoms with Crippen LogP contribution in [0, 0.1) is 0 Å². The number of nitrogens with one attached hydrogen (secondary N) is 1. The highest BCUT2D eigenvalue weighted by molar-refractivity contribution is 6.28. The van der Waals surface area contributed by atoms with Gasteiger partial charge in [0, 0.05) is 6.20 Å². The van der Waals surface area contributed by atoms with Gasteiger partial charge in [-0.3, -0.25) is 0 Å². The maximum atomic E-state index is 9.47. The lowest BCUT2D eigenvalue weighted by molar-refractivity contribution is 0.133. The minimum absolute atomic E-state index is 0.191. The van der Waals surface area contributed by atoms with E-state index in [1.54, 1.807) is 19.2 Å². The summed E-state index contributed by atoms with van der Waals surface area (Å²) in [6, 6.07) is 1.70. The summed E-state index contributed by atoms with van der Waals surface area (Å²) in [7, 11) is 0. The van der Waals surface area contributed by atoms with Crippen LogP contribution in [0.4, 0.5) is 5.82 Å². The van der Waals surface area contributed by atoms with Crippen molar-refractivity contribution in [1.29, 1.82) is 0 Å². The summed E-state index contributed by atoms with van der Waals surface area (Å²) in [6.45, 7) is 5.48. The number of rotatable bonds is 3. The molecule has 2 N–H and O–H groups in total. The average molecular weight is 216 g/mol. The summed E-state index contributed by atoms with van der Waals surface area (Å²) in [5.41, 5.74) is -0.447. The molecule has 1 aromatic heterocycles. The van der Waals surface area contributed by atoms with E-state index in [0.717, 1.165) is 0 Å². The lowest BCUT2D eigenvalue weighted by Crippen LogP contribution is -2.42. The molecule has 5 heteroatoms. The summed E-state index contributed by atoms with van der Waals surface area (Å²) in [5, 5.41) is 12.7. The number of aromatic nitrogens is 2. The quantitative estimate of drug-likeness (QED) is 0.754. The molecule has 0 saturated heterocycles. The van der Waals surface area contributed by atoms with Crippen molar-refractivity contribution in [1.82, 2.24) is 9.97 Å². The number of anilines is 1. The maximum absolute atomic E-state index is 9.47. The van der Waals surface area contributed by atoms with E-state index in [1.807, 2.05) is 13.8 Å². The van der Waals surface area contributed by atoms with Crippen molar-refractivity contribution in [2.45, 2.75) is 32.4 Å². The van der Waals surface area contributed by atoms with Crippen molar-refractivity contribution < 1.29 is 5.11 Å². The summed E-state index contributed by atoms with van der Waals surface area (Å²) >= 11 is 5.63. The molecule has 1 aromatic rings. The van der Waals surface area contributed by atoms with Crippen molar-refractivity contribution in [3.8, 4) is 0 Å². The Morgan fingerprint density at radius 3 is 2.71 bits per heavy atom. The molecule has 1 unspecified atom stereocenters. The van der Waals surface area contributed by atoms with Crippen LogP contribution in [0.5, 0.6) is 0 Å². The fourth-order valence-electron chi connectivity index (χ4n) is 0.839. The van der Waals surface area contributed by atoms with Crippen LogP contribution in [0.1, 0.15) is 20.8 Å². The number of halogens is 1. The zero-order valence-corrected chi connectivity index (χ0v) is 9.21. The summed E-state index contributed by atoms with van der Waals surface area (Å²) in [5.74, 6) is 0.607. The van der Waals surface area contributed by atoms with Gasteiger partial charge in [0.2, 0.25) is 5.28 Å². The first-order valence-electron chi connectivity index (χ1n) is 4.36. The molecule has 14 heavy (non-hydrogen) atoms. The van der Waals surface area contributed by atoms with Crippen LogP contribution >= 0.6 is 11.6 Å². The van der Waals surface area contributed by atoms with Crippen LogP contribution in [-0.4, -0.2) is 26.7 Å². The molecule has 0 aliphatic carbocycles. The van der Waals surface area contributed by atoms with E-state index in [2.05, 4.69) is 15.3 Å². The van der Waals surface area contributed by atoms with Gasteiger partial charge in [0.1, 0.15) is 5.82 Å². The van der Waals surface area contributed by atoms with Gasteiger partial charge in [-0.2, -0.15) is 0 Å². The molecule has 0 aliphatic heterocycles. The molecule has 0 bridgehead atoms. The first-order valence-corrected chi connectivity index (χ1v) is 4.74. The Kier molecular flexibility index (Phi) is 3.29. The fourth-order valence-corrected chi connectivity index (χ4v) is 0.986. The summed E-state index contributed by atoms with van der Waals surface area (Å²) < 4.78 is 0. The van der Waals surface area contributed by atoms with Gasteiger partial charge >= 0.3 is 0 Å². The van der Waals surface area contributed by atoms with Crippen molar-refractivity contribution in [3.63, 3.8) is 0 Å². The second-order valence-corrected chi connectivity index (χ2v) is 4.07. The minimum atomic E-state index is -0.490. The highest BCUT2D eigenvalue weighted by Gasteiger charge is 2.23. The van der Waals surface area contributed by atoms with Crippen LogP contribution in [0.25, 0.3) is 0 Å². The van der Waals surface area contributed by atoms with Crippen LogP contribution in [-0.2, 0) is 0 Å². The average Bonchev–Trinajstić information content (AvgIpc) is 2.02. The maximum Gasteiger partial charge on any atom is 0.224 e. The predicted molar refractivity (Wildman–Crippen MR) is 56.4 cm³/mol. The number of hydrogen-bond donors (Lipinski definition) is 2. The second kappa shape index (κ2) is 4.11. The first-order chi connectivity index (χ1) is 6.42. The zero-order chi connectivity index (χ0) is 10.8. The van der Waals surface area contributed by atoms with Crippen molar-refractivity contribution in [2.75, 3.05) is 5.32 Å². The third kappa shape index (κ3) is 2.82. The van der Waals surface area contributed by atoms with Crippen LogP contribution in [0.3, 0.4) is 0 Å². The molecule has 1 atom stereocenters. The molecule has 0 aromatic carbocycles. The van der Waals surface area contributed by atoms with E-state index in [-0.39, 0.29) is 5.28 Å². The van der Waals surface area contributed by atoms with Crippen molar-refractivity contribution in [3.05, 3.63) is 17.5 Å². The lowest BCUT2D eigenvalue weighted by Gasteiger charge is -2.29. The zero-order valence-electron chi connectivity index (χ0n) is 8.45. The molecule has 78 valence electrons. The monoisotopic (exact) mass is 215 g/mol. The second-order valence-electron chi connectivity index (χ2n) is 3.73. The molecular formula is C9H14ClN3O. The van der Waals surface area contributed by atoms with Crippen LogP contribution in [0.2, 0.25) is 5.28 Å². The molecule has 0 amide bonds. The van der Waals surface area contributed by atoms with Gasteiger partial charge in [-0.05, 0) is 38.4 Å². The Morgan fingerprint density at radius 1 is 1.57 bits per heavy atom. The van der Waals surface area contributed by atoms with E-state index in [0.29, 0.717) is 5.82 Å². The third-order valence-corrected chi connectivity index (χ3v) is 2.30. The van der Waals surface area contributed by atoms with E-state index in [4.69, 9.17) is 11.6 Å². The topological polar surface area (TPSA) is 58.0 Å². The number of aliphatic hydroxyl groups is 1. The molecule has 4 nitrogen and oxygen atoms in total. The lowest BCUT2D eigenvalue weighted by atomic mass is 9.99. The SMILES string of the molecule is CC(O)C(C)(C)Nc1ccnc(Cl)n1. The Labute approximate surface area is 88.3 Å². The van der Waals surface area contributed by atoms with E-state index in [9.17, 15) is 5.11 Å². The largest absolute Gasteiger partial charge is 0.391 e. The highest BCUT2D eigenvalue weighted by atomic mass is 35.5. The van der Waals surface area contributed by atoms with Gasteiger partial charge in [-0.15, -0.1) is 0 Å². The van der Waals surface area contributed by atoms with Gasteiger partial charge in [0.25, 0.3) is 0 Å². The summed E-state index contributed by atoms with van der Waals surface area (Å²) in [6.07, 6.45) is 1.08. The van der Waals surface area contributed by atoms with Gasteiger partial charge in [0.15, 0.2) is 0 Å². The van der Waals surface area contributed by atoms with E-state index < -0.39 is 11.6 Å². The normalized spacial score (nSPS) is 13.8. The summed E-state index contributed by atoms with van der Waals surface area (Å²) in [4.78, 5) is 7.74. The predicted octanol–water partition coefficient (Wildman–Crippen LogP) is 1.70. The molecule has 0 radical (unpaired) electrons. The number of aliphatic hydroxyl groups excluding tert-OH is 1. The smallest absolute Gasteiger partial charge is 0.224 e. The van der Waals surface area contributed by atoms with Crippen LogP contribution in [0.15, 0.2) is 12.3 Å². The molecule has 0 saturated carbocycles. The third-order valence-electron chi connectivity index (χ3n) is 2.12. The van der Waals surface area contributed by atoms with Gasteiger partial charge in [-0.1, -0.05) is 0 Å². The molecule has 1 heterocycles.